The molecule has 1 aromatic heterocycles. The summed E-state index contributed by atoms with van der Waals surface area (Å²) < 4.78 is 28.5. The normalized spacial score (nSPS) is 15.9. The van der Waals surface area contributed by atoms with E-state index in [1.807, 2.05) is 27.7 Å². The van der Waals surface area contributed by atoms with E-state index in [4.69, 9.17) is 5.73 Å². The quantitative estimate of drug-likeness (QED) is 0.852. The van der Waals surface area contributed by atoms with Gasteiger partial charge in [0.1, 0.15) is 4.21 Å². The number of nitrogens with one attached hydrogen (secondary N) is 1. The second-order valence-electron chi connectivity index (χ2n) is 4.90. The Morgan fingerprint density at radius 1 is 1.56 bits per heavy atom. The SMILES string of the molecule is Cc1cc(S(=O)(=O)NC(C)(CN)C(C)C)sc1Br. The Hall–Kier alpha value is 0.0500. The smallest absolute Gasteiger partial charge is 0.250 e. The molecule has 0 amide bonds. The van der Waals surface area contributed by atoms with Gasteiger partial charge in [0.25, 0.3) is 10.0 Å². The molecule has 7 heteroatoms. The summed E-state index contributed by atoms with van der Waals surface area (Å²) >= 11 is 4.55. The van der Waals surface area contributed by atoms with E-state index in [9.17, 15) is 8.42 Å². The van der Waals surface area contributed by atoms with Crippen molar-refractivity contribution in [3.05, 3.63) is 15.4 Å². The molecular weight excluding hydrogens is 336 g/mol. The average molecular weight is 355 g/mol. The highest BCUT2D eigenvalue weighted by atomic mass is 79.9. The van der Waals surface area contributed by atoms with Crippen molar-refractivity contribution in [3.8, 4) is 0 Å². The predicted molar refractivity (Wildman–Crippen MR) is 79.4 cm³/mol. The van der Waals surface area contributed by atoms with Gasteiger partial charge in [0.05, 0.1) is 3.79 Å². The van der Waals surface area contributed by atoms with E-state index in [2.05, 4.69) is 20.7 Å². The van der Waals surface area contributed by atoms with E-state index in [-0.39, 0.29) is 12.5 Å². The van der Waals surface area contributed by atoms with Crippen molar-refractivity contribution in [3.63, 3.8) is 0 Å². The minimum absolute atomic E-state index is 0.113. The first-order valence-corrected chi connectivity index (χ1v) is 8.71. The van der Waals surface area contributed by atoms with Gasteiger partial charge in [-0.2, -0.15) is 0 Å². The van der Waals surface area contributed by atoms with Gasteiger partial charge < -0.3 is 5.73 Å². The summed E-state index contributed by atoms with van der Waals surface area (Å²) in [6, 6.07) is 1.66. The third-order valence-corrected chi connectivity index (χ3v) is 7.39. The zero-order valence-corrected chi connectivity index (χ0v) is 14.2. The summed E-state index contributed by atoms with van der Waals surface area (Å²) in [6.45, 7) is 7.85. The molecular formula is C11H19BrN2O2S2. The summed E-state index contributed by atoms with van der Waals surface area (Å²) in [7, 11) is -3.52. The minimum Gasteiger partial charge on any atom is -0.329 e. The van der Waals surface area contributed by atoms with Crippen molar-refractivity contribution in [2.75, 3.05) is 6.54 Å². The molecule has 0 aromatic carbocycles. The van der Waals surface area contributed by atoms with Gasteiger partial charge in [0.15, 0.2) is 0 Å². The maximum atomic E-state index is 12.3. The maximum Gasteiger partial charge on any atom is 0.250 e. The highest BCUT2D eigenvalue weighted by Crippen LogP contribution is 2.31. The van der Waals surface area contributed by atoms with Gasteiger partial charge in [0.2, 0.25) is 0 Å². The van der Waals surface area contributed by atoms with E-state index >= 15 is 0 Å². The number of hydrogen-bond acceptors (Lipinski definition) is 4. The number of thiophene rings is 1. The highest BCUT2D eigenvalue weighted by molar-refractivity contribution is 9.11. The first kappa shape index (κ1) is 16.1. The largest absolute Gasteiger partial charge is 0.329 e. The summed E-state index contributed by atoms with van der Waals surface area (Å²) in [5.74, 6) is 0.113. The molecule has 0 radical (unpaired) electrons. The highest BCUT2D eigenvalue weighted by Gasteiger charge is 2.33. The monoisotopic (exact) mass is 354 g/mol. The van der Waals surface area contributed by atoms with Crippen LogP contribution in [0.1, 0.15) is 26.3 Å². The minimum atomic E-state index is -3.52. The van der Waals surface area contributed by atoms with Gasteiger partial charge in [-0.3, -0.25) is 0 Å². The van der Waals surface area contributed by atoms with Crippen LogP contribution in [0.15, 0.2) is 14.1 Å². The molecule has 0 saturated heterocycles. The van der Waals surface area contributed by atoms with Gasteiger partial charge in [-0.25, -0.2) is 13.1 Å². The average Bonchev–Trinajstić information content (AvgIpc) is 2.59. The van der Waals surface area contributed by atoms with Gasteiger partial charge in [-0.15, -0.1) is 11.3 Å². The molecule has 1 atom stereocenters. The Morgan fingerprint density at radius 2 is 2.11 bits per heavy atom. The molecule has 1 aromatic rings. The fourth-order valence-electron chi connectivity index (χ4n) is 1.32. The lowest BCUT2D eigenvalue weighted by molar-refractivity contribution is 0.315. The zero-order chi connectivity index (χ0) is 14.1. The Balaban J connectivity index is 3.09. The lowest BCUT2D eigenvalue weighted by atomic mass is 9.90. The fourth-order valence-corrected chi connectivity index (χ4v) is 5.09. The first-order valence-electron chi connectivity index (χ1n) is 5.62. The lowest BCUT2D eigenvalue weighted by Crippen LogP contribution is -2.54. The number of sulfonamides is 1. The van der Waals surface area contributed by atoms with Crippen LogP contribution in [0.25, 0.3) is 0 Å². The maximum absolute atomic E-state index is 12.3. The van der Waals surface area contributed by atoms with Gasteiger partial charge in [0, 0.05) is 12.1 Å². The van der Waals surface area contributed by atoms with Crippen LogP contribution in [0.5, 0.6) is 0 Å². The molecule has 18 heavy (non-hydrogen) atoms. The molecule has 104 valence electrons. The molecule has 0 aliphatic carbocycles. The van der Waals surface area contributed by atoms with Crippen LogP contribution in [0, 0.1) is 12.8 Å². The van der Waals surface area contributed by atoms with Crippen LogP contribution in [-0.4, -0.2) is 20.5 Å². The number of aryl methyl sites for hydroxylation is 1. The van der Waals surface area contributed by atoms with Crippen molar-refractivity contribution in [1.29, 1.82) is 0 Å². The summed E-state index contributed by atoms with van der Waals surface area (Å²) in [5.41, 5.74) is 5.98. The molecule has 0 saturated carbocycles. The number of halogens is 1. The molecule has 3 N–H and O–H groups in total. The third kappa shape index (κ3) is 3.33. The Bertz CT molecular complexity index is 506. The third-order valence-electron chi connectivity index (χ3n) is 3.17. The molecule has 1 unspecified atom stereocenters. The summed E-state index contributed by atoms with van der Waals surface area (Å²) in [5, 5.41) is 0. The number of rotatable bonds is 5. The summed E-state index contributed by atoms with van der Waals surface area (Å²) in [4.78, 5) is 0. The van der Waals surface area contributed by atoms with Gasteiger partial charge >= 0.3 is 0 Å². The Kier molecular flexibility index (Phi) is 4.99. The molecule has 0 aliphatic rings. The Labute approximate surface area is 121 Å². The van der Waals surface area contributed by atoms with Gasteiger partial charge in [-0.05, 0) is 47.3 Å². The molecule has 1 rings (SSSR count). The summed E-state index contributed by atoms with van der Waals surface area (Å²) in [6.07, 6.45) is 0. The van der Waals surface area contributed by atoms with Crippen molar-refractivity contribution >= 4 is 37.3 Å². The van der Waals surface area contributed by atoms with Crippen LogP contribution in [0.4, 0.5) is 0 Å². The van der Waals surface area contributed by atoms with Gasteiger partial charge in [-0.1, -0.05) is 13.8 Å². The van der Waals surface area contributed by atoms with E-state index < -0.39 is 15.6 Å². The Morgan fingerprint density at radius 3 is 2.44 bits per heavy atom. The molecule has 4 nitrogen and oxygen atoms in total. The topological polar surface area (TPSA) is 72.2 Å². The molecule has 0 fully saturated rings. The van der Waals surface area contributed by atoms with Crippen molar-refractivity contribution in [2.24, 2.45) is 11.7 Å². The van der Waals surface area contributed by atoms with Crippen molar-refractivity contribution < 1.29 is 8.42 Å². The molecule has 0 aliphatic heterocycles. The second kappa shape index (κ2) is 5.58. The van der Waals surface area contributed by atoms with E-state index in [1.54, 1.807) is 6.07 Å². The molecule has 0 bridgehead atoms. The molecule has 1 heterocycles. The van der Waals surface area contributed by atoms with Crippen LogP contribution in [0.2, 0.25) is 0 Å². The number of hydrogen-bond donors (Lipinski definition) is 2. The van der Waals surface area contributed by atoms with Crippen molar-refractivity contribution in [1.82, 2.24) is 4.72 Å². The molecule has 0 spiro atoms. The first-order chi connectivity index (χ1) is 8.12. The number of nitrogens with two attached hydrogens (primary N) is 1. The van der Waals surface area contributed by atoms with Crippen LogP contribution >= 0.6 is 27.3 Å². The lowest BCUT2D eigenvalue weighted by Gasteiger charge is -2.32. The predicted octanol–water partition coefficient (Wildman–Crippen LogP) is 2.47. The van der Waals surface area contributed by atoms with Crippen LogP contribution in [-0.2, 0) is 10.0 Å². The van der Waals surface area contributed by atoms with E-state index in [0.29, 0.717) is 4.21 Å². The van der Waals surface area contributed by atoms with Crippen LogP contribution in [0.3, 0.4) is 0 Å². The second-order valence-corrected chi connectivity index (χ2v) is 9.18. The van der Waals surface area contributed by atoms with Crippen molar-refractivity contribution in [2.45, 2.75) is 37.4 Å². The van der Waals surface area contributed by atoms with E-state index in [1.165, 1.54) is 11.3 Å². The zero-order valence-electron chi connectivity index (χ0n) is 11.0. The van der Waals surface area contributed by atoms with E-state index in [0.717, 1.165) is 9.35 Å². The standard InChI is InChI=1S/C11H19BrN2O2S2/c1-7(2)11(4,6-13)14-18(15,16)9-5-8(3)10(12)17-9/h5,7,14H,6,13H2,1-4H3. The fraction of sp³-hybridized carbons (Fsp3) is 0.636. The van der Waals surface area contributed by atoms with Crippen LogP contribution < -0.4 is 10.5 Å².